The number of rotatable bonds is 3. The SMILES string of the molecule is COC(=O)C1(CNC(=O)OC(C)(C)C)CNC1. The largest absolute Gasteiger partial charge is 0.468 e. The number of methoxy groups -OCH3 is 1. The summed E-state index contributed by atoms with van der Waals surface area (Å²) >= 11 is 0. The van der Waals surface area contributed by atoms with Crippen molar-refractivity contribution in [2.75, 3.05) is 26.7 Å². The Morgan fingerprint density at radius 3 is 2.29 bits per heavy atom. The summed E-state index contributed by atoms with van der Waals surface area (Å²) in [5.74, 6) is -0.313. The summed E-state index contributed by atoms with van der Waals surface area (Å²) < 4.78 is 9.81. The van der Waals surface area contributed by atoms with Gasteiger partial charge in [-0.2, -0.15) is 0 Å². The summed E-state index contributed by atoms with van der Waals surface area (Å²) in [7, 11) is 1.34. The number of esters is 1. The molecular weight excluding hydrogens is 224 g/mol. The Hall–Kier alpha value is -1.30. The quantitative estimate of drug-likeness (QED) is 0.697. The Kier molecular flexibility index (Phi) is 3.98. The van der Waals surface area contributed by atoms with Crippen molar-refractivity contribution in [1.82, 2.24) is 10.6 Å². The zero-order valence-electron chi connectivity index (χ0n) is 10.8. The highest BCUT2D eigenvalue weighted by Crippen LogP contribution is 2.23. The molecule has 1 amide bonds. The lowest BCUT2D eigenvalue weighted by atomic mass is 9.82. The van der Waals surface area contributed by atoms with E-state index in [9.17, 15) is 9.59 Å². The third kappa shape index (κ3) is 3.59. The first kappa shape index (κ1) is 13.8. The smallest absolute Gasteiger partial charge is 0.407 e. The van der Waals surface area contributed by atoms with E-state index in [2.05, 4.69) is 10.6 Å². The summed E-state index contributed by atoms with van der Waals surface area (Å²) in [5, 5.41) is 5.59. The van der Waals surface area contributed by atoms with Crippen molar-refractivity contribution in [3.8, 4) is 0 Å². The van der Waals surface area contributed by atoms with Crippen LogP contribution in [0.4, 0.5) is 4.79 Å². The number of hydrogen-bond acceptors (Lipinski definition) is 5. The second kappa shape index (κ2) is 4.91. The molecule has 1 fully saturated rings. The van der Waals surface area contributed by atoms with E-state index in [0.29, 0.717) is 13.1 Å². The topological polar surface area (TPSA) is 76.7 Å². The highest BCUT2D eigenvalue weighted by Gasteiger charge is 2.45. The number of ether oxygens (including phenoxy) is 2. The van der Waals surface area contributed by atoms with Gasteiger partial charge in [0.2, 0.25) is 0 Å². The van der Waals surface area contributed by atoms with E-state index in [-0.39, 0.29) is 12.5 Å². The van der Waals surface area contributed by atoms with Crippen LogP contribution >= 0.6 is 0 Å². The average Bonchev–Trinajstić information content (AvgIpc) is 2.12. The van der Waals surface area contributed by atoms with E-state index in [1.54, 1.807) is 20.8 Å². The standard InChI is InChI=1S/C11H20N2O4/c1-10(2,3)17-9(15)13-7-11(5-12-6-11)8(14)16-4/h12H,5-7H2,1-4H3,(H,13,15). The molecule has 98 valence electrons. The van der Waals surface area contributed by atoms with Crippen LogP contribution in [-0.2, 0) is 14.3 Å². The number of nitrogens with one attached hydrogen (secondary N) is 2. The van der Waals surface area contributed by atoms with Gasteiger partial charge >= 0.3 is 12.1 Å². The van der Waals surface area contributed by atoms with Crippen molar-refractivity contribution in [2.45, 2.75) is 26.4 Å². The van der Waals surface area contributed by atoms with Crippen LogP contribution in [-0.4, -0.2) is 44.4 Å². The molecule has 17 heavy (non-hydrogen) atoms. The highest BCUT2D eigenvalue weighted by atomic mass is 16.6. The molecular formula is C11H20N2O4. The Morgan fingerprint density at radius 2 is 1.94 bits per heavy atom. The minimum Gasteiger partial charge on any atom is -0.468 e. The number of carbonyl (C=O) groups excluding carboxylic acids is 2. The lowest BCUT2D eigenvalue weighted by Gasteiger charge is -2.39. The summed E-state index contributed by atoms with van der Waals surface area (Å²) in [6.45, 7) is 6.60. The molecule has 0 radical (unpaired) electrons. The van der Waals surface area contributed by atoms with Gasteiger partial charge in [-0.15, -0.1) is 0 Å². The van der Waals surface area contributed by atoms with Crippen molar-refractivity contribution < 1.29 is 19.1 Å². The monoisotopic (exact) mass is 244 g/mol. The summed E-state index contributed by atoms with van der Waals surface area (Å²) in [6, 6.07) is 0. The van der Waals surface area contributed by atoms with E-state index >= 15 is 0 Å². The Morgan fingerprint density at radius 1 is 1.35 bits per heavy atom. The molecule has 1 rings (SSSR count). The van der Waals surface area contributed by atoms with Gasteiger partial charge in [-0.25, -0.2) is 4.79 Å². The third-order valence-electron chi connectivity index (χ3n) is 2.52. The predicted octanol–water partition coefficient (Wildman–Crippen LogP) is 0.274. The third-order valence-corrected chi connectivity index (χ3v) is 2.52. The van der Waals surface area contributed by atoms with Gasteiger partial charge in [-0.3, -0.25) is 4.79 Å². The fourth-order valence-electron chi connectivity index (χ4n) is 1.54. The van der Waals surface area contributed by atoms with Crippen LogP contribution < -0.4 is 10.6 Å². The van der Waals surface area contributed by atoms with Crippen LogP contribution in [0.15, 0.2) is 0 Å². The van der Waals surface area contributed by atoms with Crippen LogP contribution in [0, 0.1) is 5.41 Å². The van der Waals surface area contributed by atoms with Gasteiger partial charge in [-0.1, -0.05) is 0 Å². The normalized spacial score (nSPS) is 17.9. The molecule has 6 nitrogen and oxygen atoms in total. The maximum absolute atomic E-state index is 11.6. The molecule has 1 heterocycles. The number of carbonyl (C=O) groups is 2. The molecule has 0 saturated carbocycles. The molecule has 0 aromatic carbocycles. The Balaban J connectivity index is 2.44. The zero-order chi connectivity index (χ0) is 13.1. The molecule has 1 saturated heterocycles. The zero-order valence-corrected chi connectivity index (χ0v) is 10.8. The van der Waals surface area contributed by atoms with E-state index in [1.165, 1.54) is 7.11 Å². The highest BCUT2D eigenvalue weighted by molar-refractivity contribution is 5.80. The van der Waals surface area contributed by atoms with E-state index in [4.69, 9.17) is 9.47 Å². The second-order valence-corrected chi connectivity index (χ2v) is 5.23. The van der Waals surface area contributed by atoms with Gasteiger partial charge in [-0.05, 0) is 20.8 Å². The van der Waals surface area contributed by atoms with Crippen LogP contribution in [0.5, 0.6) is 0 Å². The van der Waals surface area contributed by atoms with Gasteiger partial charge in [0, 0.05) is 19.6 Å². The van der Waals surface area contributed by atoms with Gasteiger partial charge in [0.05, 0.1) is 7.11 Å². The molecule has 0 aromatic rings. The maximum Gasteiger partial charge on any atom is 0.407 e. The fourth-order valence-corrected chi connectivity index (χ4v) is 1.54. The first-order valence-corrected chi connectivity index (χ1v) is 5.55. The molecule has 1 aliphatic heterocycles. The molecule has 0 aliphatic carbocycles. The summed E-state index contributed by atoms with van der Waals surface area (Å²) in [4.78, 5) is 23.0. The van der Waals surface area contributed by atoms with Gasteiger partial charge < -0.3 is 20.1 Å². The summed E-state index contributed by atoms with van der Waals surface area (Å²) in [6.07, 6.45) is -0.521. The van der Waals surface area contributed by atoms with Crippen molar-refractivity contribution in [1.29, 1.82) is 0 Å². The van der Waals surface area contributed by atoms with Crippen LogP contribution in [0.1, 0.15) is 20.8 Å². The van der Waals surface area contributed by atoms with Crippen LogP contribution in [0.25, 0.3) is 0 Å². The van der Waals surface area contributed by atoms with E-state index < -0.39 is 17.1 Å². The average molecular weight is 244 g/mol. The Bertz CT molecular complexity index is 305. The first-order chi connectivity index (χ1) is 7.79. The van der Waals surface area contributed by atoms with E-state index in [0.717, 1.165) is 0 Å². The van der Waals surface area contributed by atoms with Crippen molar-refractivity contribution >= 4 is 12.1 Å². The molecule has 0 spiro atoms. The lowest BCUT2D eigenvalue weighted by Crippen LogP contribution is -2.63. The minimum absolute atomic E-state index is 0.224. The number of hydrogen-bond donors (Lipinski definition) is 2. The van der Waals surface area contributed by atoms with Gasteiger partial charge in [0.1, 0.15) is 11.0 Å². The predicted molar refractivity (Wildman–Crippen MR) is 61.6 cm³/mol. The first-order valence-electron chi connectivity index (χ1n) is 5.55. The molecule has 0 bridgehead atoms. The van der Waals surface area contributed by atoms with E-state index in [1.807, 2.05) is 0 Å². The van der Waals surface area contributed by atoms with Crippen molar-refractivity contribution in [3.63, 3.8) is 0 Å². The second-order valence-electron chi connectivity index (χ2n) is 5.23. The number of alkyl carbamates (subject to hydrolysis) is 1. The number of amides is 1. The minimum atomic E-state index is -0.647. The van der Waals surface area contributed by atoms with Crippen LogP contribution in [0.3, 0.4) is 0 Å². The molecule has 6 heteroatoms. The van der Waals surface area contributed by atoms with Crippen LogP contribution in [0.2, 0.25) is 0 Å². The molecule has 0 atom stereocenters. The fraction of sp³-hybridized carbons (Fsp3) is 0.818. The summed E-state index contributed by atoms with van der Waals surface area (Å²) in [5.41, 5.74) is -1.19. The van der Waals surface area contributed by atoms with Gasteiger partial charge in [0.15, 0.2) is 0 Å². The molecule has 0 aromatic heterocycles. The van der Waals surface area contributed by atoms with Gasteiger partial charge in [0.25, 0.3) is 0 Å². The molecule has 0 unspecified atom stereocenters. The lowest BCUT2D eigenvalue weighted by molar-refractivity contribution is -0.155. The molecule has 1 aliphatic rings. The Labute approximate surface area is 101 Å². The van der Waals surface area contributed by atoms with Crippen molar-refractivity contribution in [2.24, 2.45) is 5.41 Å². The molecule has 2 N–H and O–H groups in total. The maximum atomic E-state index is 11.6. The van der Waals surface area contributed by atoms with Crippen molar-refractivity contribution in [3.05, 3.63) is 0 Å².